The Labute approximate surface area is 118 Å². The van der Waals surface area contributed by atoms with E-state index < -0.39 is 0 Å². The van der Waals surface area contributed by atoms with Gasteiger partial charge in [0, 0.05) is 11.9 Å². The van der Waals surface area contributed by atoms with Gasteiger partial charge in [-0.1, -0.05) is 26.0 Å². The van der Waals surface area contributed by atoms with E-state index in [0.717, 1.165) is 12.1 Å². The molecule has 1 aromatic heterocycles. The van der Waals surface area contributed by atoms with Gasteiger partial charge in [0.25, 0.3) is 5.91 Å². The molecule has 2 aromatic rings. The van der Waals surface area contributed by atoms with E-state index in [1.807, 2.05) is 24.3 Å². The van der Waals surface area contributed by atoms with Crippen LogP contribution in [0.2, 0.25) is 0 Å². The van der Waals surface area contributed by atoms with Crippen LogP contribution in [0.4, 0.5) is 5.69 Å². The van der Waals surface area contributed by atoms with Crippen LogP contribution >= 0.6 is 0 Å². The first-order valence-electron chi connectivity index (χ1n) is 6.65. The molecule has 0 saturated carbocycles. The van der Waals surface area contributed by atoms with Gasteiger partial charge in [0.05, 0.1) is 11.8 Å². The molecule has 1 amide bonds. The molecule has 4 heteroatoms. The Morgan fingerprint density at radius 3 is 2.60 bits per heavy atom. The number of pyridine rings is 1. The number of nitrogens with zero attached hydrogens (tertiary/aromatic N) is 1. The first kappa shape index (κ1) is 14.1. The van der Waals surface area contributed by atoms with Crippen LogP contribution in [0, 0.1) is 0 Å². The Bertz CT molecular complexity index is 594. The first-order chi connectivity index (χ1) is 9.60. The number of rotatable bonds is 4. The Morgan fingerprint density at radius 2 is 2.00 bits per heavy atom. The summed E-state index contributed by atoms with van der Waals surface area (Å²) in [5.41, 5.74) is 2.31. The average Bonchev–Trinajstić information content (AvgIpc) is 2.47. The van der Waals surface area contributed by atoms with E-state index in [0.29, 0.717) is 11.5 Å². The summed E-state index contributed by atoms with van der Waals surface area (Å²) in [5, 5.41) is 12.1. The lowest BCUT2D eigenvalue weighted by molar-refractivity contribution is 0.102. The highest BCUT2D eigenvalue weighted by Crippen LogP contribution is 2.21. The Balaban J connectivity index is 2.08. The summed E-state index contributed by atoms with van der Waals surface area (Å²) in [6.45, 7) is 4.32. The van der Waals surface area contributed by atoms with Crippen molar-refractivity contribution >= 4 is 11.6 Å². The Kier molecular flexibility index (Phi) is 4.35. The summed E-state index contributed by atoms with van der Waals surface area (Å²) in [5.74, 6) is 0.199. The quantitative estimate of drug-likeness (QED) is 0.893. The highest BCUT2D eigenvalue weighted by atomic mass is 16.3. The molecule has 0 spiro atoms. The molecule has 0 bridgehead atoms. The van der Waals surface area contributed by atoms with E-state index in [9.17, 15) is 9.90 Å². The van der Waals surface area contributed by atoms with E-state index in [-0.39, 0.29) is 11.7 Å². The van der Waals surface area contributed by atoms with Gasteiger partial charge >= 0.3 is 0 Å². The molecule has 0 aliphatic heterocycles. The van der Waals surface area contributed by atoms with Crippen LogP contribution in [0.1, 0.15) is 42.1 Å². The number of aromatic hydroxyl groups is 1. The van der Waals surface area contributed by atoms with Gasteiger partial charge in [-0.3, -0.25) is 9.78 Å². The summed E-state index contributed by atoms with van der Waals surface area (Å²) >= 11 is 0. The van der Waals surface area contributed by atoms with E-state index in [4.69, 9.17) is 0 Å². The summed E-state index contributed by atoms with van der Waals surface area (Å²) in [7, 11) is 0. The number of benzene rings is 1. The lowest BCUT2D eigenvalue weighted by Gasteiger charge is -2.10. The lowest BCUT2D eigenvalue weighted by atomic mass is 9.98. The molecule has 2 rings (SSSR count). The predicted molar refractivity (Wildman–Crippen MR) is 79.0 cm³/mol. The third kappa shape index (κ3) is 3.35. The van der Waals surface area contributed by atoms with Crippen LogP contribution in [-0.4, -0.2) is 16.0 Å². The molecule has 0 fully saturated rings. The number of amides is 1. The molecule has 0 radical (unpaired) electrons. The number of anilines is 1. The molecule has 0 saturated heterocycles. The van der Waals surface area contributed by atoms with E-state index in [1.165, 1.54) is 24.0 Å². The number of carbonyl (C=O) groups is 1. The minimum absolute atomic E-state index is 0.0234. The van der Waals surface area contributed by atoms with Crippen molar-refractivity contribution in [3.05, 3.63) is 53.9 Å². The molecule has 4 nitrogen and oxygen atoms in total. The van der Waals surface area contributed by atoms with E-state index in [1.54, 1.807) is 0 Å². The van der Waals surface area contributed by atoms with Gasteiger partial charge in [-0.25, -0.2) is 0 Å². The maximum atomic E-state index is 12.0. The monoisotopic (exact) mass is 270 g/mol. The lowest BCUT2D eigenvalue weighted by Crippen LogP contribution is -2.12. The highest BCUT2D eigenvalue weighted by Gasteiger charge is 2.08. The van der Waals surface area contributed by atoms with Gasteiger partial charge < -0.3 is 10.4 Å². The zero-order valence-electron chi connectivity index (χ0n) is 11.6. The molecule has 1 heterocycles. The second kappa shape index (κ2) is 6.19. The van der Waals surface area contributed by atoms with Gasteiger partial charge in [-0.15, -0.1) is 0 Å². The van der Waals surface area contributed by atoms with Crippen molar-refractivity contribution in [1.82, 2.24) is 4.98 Å². The smallest absolute Gasteiger partial charge is 0.257 e. The molecule has 0 aliphatic rings. The van der Waals surface area contributed by atoms with Gasteiger partial charge in [0.1, 0.15) is 5.75 Å². The Morgan fingerprint density at radius 1 is 1.30 bits per heavy atom. The summed E-state index contributed by atoms with van der Waals surface area (Å²) in [4.78, 5) is 15.8. The third-order valence-electron chi connectivity index (χ3n) is 3.34. The van der Waals surface area contributed by atoms with Crippen LogP contribution in [0.3, 0.4) is 0 Å². The van der Waals surface area contributed by atoms with Gasteiger partial charge in [-0.05, 0) is 36.1 Å². The third-order valence-corrected chi connectivity index (χ3v) is 3.34. The van der Waals surface area contributed by atoms with Crippen molar-refractivity contribution in [3.63, 3.8) is 0 Å². The minimum Gasteiger partial charge on any atom is -0.506 e. The van der Waals surface area contributed by atoms with E-state index >= 15 is 0 Å². The molecule has 2 N–H and O–H groups in total. The van der Waals surface area contributed by atoms with Crippen molar-refractivity contribution in [2.75, 3.05) is 5.32 Å². The summed E-state index contributed by atoms with van der Waals surface area (Å²) in [6, 6.07) is 9.19. The fraction of sp³-hybridized carbons (Fsp3) is 0.250. The summed E-state index contributed by atoms with van der Waals surface area (Å²) in [6.07, 6.45) is 3.79. The zero-order valence-corrected chi connectivity index (χ0v) is 11.6. The first-order valence-corrected chi connectivity index (χ1v) is 6.65. The molecular formula is C16H18N2O2. The zero-order chi connectivity index (χ0) is 14.5. The van der Waals surface area contributed by atoms with Gasteiger partial charge in [0.15, 0.2) is 0 Å². The second-order valence-electron chi connectivity index (χ2n) is 4.82. The standard InChI is InChI=1S/C16H18N2O2/c1-3-11(2)12-4-6-14(7-5-12)18-16(20)13-8-15(19)10-17-9-13/h4-11,19H,3H2,1-2H3,(H,18,20). The summed E-state index contributed by atoms with van der Waals surface area (Å²) < 4.78 is 0. The second-order valence-corrected chi connectivity index (χ2v) is 4.82. The number of hydrogen-bond acceptors (Lipinski definition) is 3. The molecular weight excluding hydrogens is 252 g/mol. The van der Waals surface area contributed by atoms with Crippen molar-refractivity contribution in [2.24, 2.45) is 0 Å². The minimum atomic E-state index is -0.287. The SMILES string of the molecule is CCC(C)c1ccc(NC(=O)c2cncc(O)c2)cc1. The molecule has 20 heavy (non-hydrogen) atoms. The molecule has 1 unspecified atom stereocenters. The largest absolute Gasteiger partial charge is 0.506 e. The maximum Gasteiger partial charge on any atom is 0.257 e. The average molecular weight is 270 g/mol. The molecule has 0 aliphatic carbocycles. The van der Waals surface area contributed by atoms with Gasteiger partial charge in [0.2, 0.25) is 0 Å². The van der Waals surface area contributed by atoms with Crippen LogP contribution in [0.15, 0.2) is 42.7 Å². The molecule has 104 valence electrons. The molecule has 1 aromatic carbocycles. The van der Waals surface area contributed by atoms with Crippen LogP contribution in [0.25, 0.3) is 0 Å². The van der Waals surface area contributed by atoms with Crippen molar-refractivity contribution < 1.29 is 9.90 Å². The Hall–Kier alpha value is -2.36. The predicted octanol–water partition coefficient (Wildman–Crippen LogP) is 3.55. The topological polar surface area (TPSA) is 62.2 Å². The number of carbonyl (C=O) groups excluding carboxylic acids is 1. The van der Waals surface area contributed by atoms with Crippen molar-refractivity contribution in [3.8, 4) is 5.75 Å². The van der Waals surface area contributed by atoms with Crippen LogP contribution in [0.5, 0.6) is 5.75 Å². The highest BCUT2D eigenvalue weighted by molar-refractivity contribution is 6.04. The number of aromatic nitrogens is 1. The van der Waals surface area contributed by atoms with Crippen molar-refractivity contribution in [1.29, 1.82) is 0 Å². The van der Waals surface area contributed by atoms with E-state index in [2.05, 4.69) is 24.1 Å². The van der Waals surface area contributed by atoms with Crippen LogP contribution in [-0.2, 0) is 0 Å². The molecule has 1 atom stereocenters. The van der Waals surface area contributed by atoms with Crippen LogP contribution < -0.4 is 5.32 Å². The fourth-order valence-corrected chi connectivity index (χ4v) is 1.89. The number of nitrogens with one attached hydrogen (secondary N) is 1. The van der Waals surface area contributed by atoms with Gasteiger partial charge in [-0.2, -0.15) is 0 Å². The fourth-order valence-electron chi connectivity index (χ4n) is 1.89. The number of hydrogen-bond donors (Lipinski definition) is 2. The van der Waals surface area contributed by atoms with Crippen molar-refractivity contribution in [2.45, 2.75) is 26.2 Å². The maximum absolute atomic E-state index is 12.0. The normalized spacial score (nSPS) is 11.9.